The van der Waals surface area contributed by atoms with E-state index in [9.17, 15) is 0 Å². The third kappa shape index (κ3) is 3.09. The highest BCUT2D eigenvalue weighted by molar-refractivity contribution is 6.21. The Kier molecular flexibility index (Phi) is 4.13. The third-order valence-corrected chi connectivity index (χ3v) is 5.74. The van der Waals surface area contributed by atoms with Crippen molar-refractivity contribution in [2.75, 3.05) is 6.54 Å². The first-order valence-electron chi connectivity index (χ1n) is 10.3. The minimum absolute atomic E-state index is 0.629. The Bertz CT molecular complexity index is 1450. The molecule has 146 valence electrons. The first-order chi connectivity index (χ1) is 15.4. The van der Waals surface area contributed by atoms with Crippen molar-refractivity contribution in [1.82, 2.24) is 4.98 Å². The van der Waals surface area contributed by atoms with Crippen LogP contribution in [0.3, 0.4) is 0 Å². The van der Waals surface area contributed by atoms with Crippen LogP contribution in [0.15, 0.2) is 114 Å². The van der Waals surface area contributed by atoms with Gasteiger partial charge in [-0.15, -0.1) is 4.70 Å². The largest absolute Gasteiger partial charge is 0.256 e. The summed E-state index contributed by atoms with van der Waals surface area (Å²) in [7, 11) is 0. The predicted molar refractivity (Wildman–Crippen MR) is 125 cm³/mol. The number of pyridine rings is 1. The molecule has 5 aromatic rings. The summed E-state index contributed by atoms with van der Waals surface area (Å²) in [6.45, 7) is 0.629. The van der Waals surface area contributed by atoms with Crippen LogP contribution in [-0.2, 0) is 0 Å². The van der Waals surface area contributed by atoms with E-state index in [4.69, 9.17) is 0 Å². The Balaban J connectivity index is 1.41. The highest BCUT2D eigenvalue weighted by Gasteiger charge is 2.27. The Labute approximate surface area is 179 Å². The van der Waals surface area contributed by atoms with E-state index in [1.165, 1.54) is 27.1 Å². The Morgan fingerprint density at radius 2 is 1.42 bits per heavy atom. The standard InChI is InChI=1S/C27H19N4/c1-3-12-23-19(8-1)16-20-9-2-4-13-24(20)27(23)26-18-31(30-29-26)22-11-7-10-21(17-22)25-14-5-6-15-28-25/h1-17H,18H2/q+1. The van der Waals surface area contributed by atoms with Gasteiger partial charge in [-0.25, -0.2) is 0 Å². The second-order valence-corrected chi connectivity index (χ2v) is 7.65. The van der Waals surface area contributed by atoms with Crippen molar-refractivity contribution in [2.24, 2.45) is 10.3 Å². The van der Waals surface area contributed by atoms with Crippen molar-refractivity contribution in [3.05, 3.63) is 109 Å². The number of hydrogen-bond acceptors (Lipinski definition) is 3. The summed E-state index contributed by atoms with van der Waals surface area (Å²) in [6.07, 6.45) is 1.81. The van der Waals surface area contributed by atoms with Crippen LogP contribution in [0.1, 0.15) is 5.56 Å². The molecule has 0 saturated heterocycles. The number of aromatic nitrogens is 1. The van der Waals surface area contributed by atoms with E-state index in [0.29, 0.717) is 6.54 Å². The summed E-state index contributed by atoms with van der Waals surface area (Å²) in [5.41, 5.74) is 5.17. The van der Waals surface area contributed by atoms with E-state index in [0.717, 1.165) is 22.7 Å². The van der Waals surface area contributed by atoms with Crippen molar-refractivity contribution in [3.63, 3.8) is 0 Å². The Hall–Kier alpha value is -4.18. The lowest BCUT2D eigenvalue weighted by Gasteiger charge is -2.09. The Morgan fingerprint density at radius 1 is 0.677 bits per heavy atom. The maximum Gasteiger partial charge on any atom is 0.232 e. The molecular weight excluding hydrogens is 380 g/mol. The van der Waals surface area contributed by atoms with Crippen LogP contribution in [0.4, 0.5) is 5.69 Å². The van der Waals surface area contributed by atoms with Gasteiger partial charge in [-0.05, 0) is 51.9 Å². The van der Waals surface area contributed by atoms with Gasteiger partial charge in [-0.1, -0.05) is 66.7 Å². The molecule has 31 heavy (non-hydrogen) atoms. The van der Waals surface area contributed by atoms with Gasteiger partial charge < -0.3 is 0 Å². The first kappa shape index (κ1) is 17.7. The minimum Gasteiger partial charge on any atom is -0.256 e. The lowest BCUT2D eigenvalue weighted by Crippen LogP contribution is -2.12. The molecule has 0 saturated carbocycles. The molecule has 2 heterocycles. The van der Waals surface area contributed by atoms with Crippen LogP contribution in [0.2, 0.25) is 0 Å². The van der Waals surface area contributed by atoms with Gasteiger partial charge in [0.25, 0.3) is 0 Å². The smallest absolute Gasteiger partial charge is 0.232 e. The van der Waals surface area contributed by atoms with Gasteiger partial charge in [0.2, 0.25) is 5.71 Å². The van der Waals surface area contributed by atoms with E-state index >= 15 is 0 Å². The molecule has 0 radical (unpaired) electrons. The summed E-state index contributed by atoms with van der Waals surface area (Å²) >= 11 is 0. The minimum atomic E-state index is 0.629. The van der Waals surface area contributed by atoms with E-state index in [1.54, 1.807) is 0 Å². The van der Waals surface area contributed by atoms with Crippen molar-refractivity contribution in [3.8, 4) is 11.3 Å². The maximum absolute atomic E-state index is 4.62. The maximum atomic E-state index is 4.62. The number of fused-ring (bicyclic) bond motifs is 2. The molecule has 4 aromatic carbocycles. The van der Waals surface area contributed by atoms with E-state index < -0.39 is 0 Å². The number of hydrogen-bond donors (Lipinski definition) is 0. The third-order valence-electron chi connectivity index (χ3n) is 5.74. The molecule has 4 nitrogen and oxygen atoms in total. The topological polar surface area (TPSA) is 40.6 Å². The molecule has 4 heteroatoms. The van der Waals surface area contributed by atoms with Crippen LogP contribution in [0.25, 0.3) is 32.8 Å². The molecule has 0 atom stereocenters. The number of nitrogens with zero attached hydrogens (tertiary/aromatic N) is 4. The molecule has 0 aliphatic carbocycles. The zero-order valence-electron chi connectivity index (χ0n) is 16.8. The lowest BCUT2D eigenvalue weighted by atomic mass is 9.94. The molecule has 1 aliphatic rings. The molecule has 0 spiro atoms. The van der Waals surface area contributed by atoms with Crippen molar-refractivity contribution in [2.45, 2.75) is 0 Å². The normalized spacial score (nSPS) is 13.4. The average Bonchev–Trinajstić information content (AvgIpc) is 3.33. The second-order valence-electron chi connectivity index (χ2n) is 7.65. The summed E-state index contributed by atoms with van der Waals surface area (Å²) < 4.78 is 1.96. The van der Waals surface area contributed by atoms with Gasteiger partial charge in [0.1, 0.15) is 5.22 Å². The van der Waals surface area contributed by atoms with Gasteiger partial charge in [-0.2, -0.15) is 0 Å². The van der Waals surface area contributed by atoms with Crippen molar-refractivity contribution < 1.29 is 4.70 Å². The van der Waals surface area contributed by atoms with Gasteiger partial charge in [-0.3, -0.25) is 4.98 Å². The fourth-order valence-corrected chi connectivity index (χ4v) is 4.27. The quantitative estimate of drug-likeness (QED) is 0.250. The van der Waals surface area contributed by atoms with E-state index in [1.807, 2.05) is 35.2 Å². The van der Waals surface area contributed by atoms with Crippen LogP contribution in [-0.4, -0.2) is 21.9 Å². The average molecular weight is 399 g/mol. The van der Waals surface area contributed by atoms with Gasteiger partial charge in [0, 0.05) is 17.3 Å². The molecule has 0 N–H and O–H groups in total. The molecule has 0 fully saturated rings. The molecule has 0 bridgehead atoms. The summed E-state index contributed by atoms with van der Waals surface area (Å²) in [5, 5.41) is 14.0. The van der Waals surface area contributed by atoms with E-state index in [-0.39, 0.29) is 0 Å². The van der Waals surface area contributed by atoms with E-state index in [2.05, 4.69) is 88.1 Å². The number of benzene rings is 4. The highest BCUT2D eigenvalue weighted by Crippen LogP contribution is 2.31. The fraction of sp³-hybridized carbons (Fsp3) is 0.0370. The summed E-state index contributed by atoms with van der Waals surface area (Å²) in [5.74, 6) is 0. The second kappa shape index (κ2) is 7.26. The summed E-state index contributed by atoms with van der Waals surface area (Å²) in [4.78, 5) is 4.47. The lowest BCUT2D eigenvalue weighted by molar-refractivity contribution is -0.492. The molecule has 1 aliphatic heterocycles. The molecule has 6 rings (SSSR count). The van der Waals surface area contributed by atoms with Crippen LogP contribution in [0, 0.1) is 0 Å². The van der Waals surface area contributed by atoms with Crippen molar-refractivity contribution >= 4 is 32.9 Å². The Morgan fingerprint density at radius 3 is 2.16 bits per heavy atom. The van der Waals surface area contributed by atoms with Crippen LogP contribution < -0.4 is 0 Å². The summed E-state index contributed by atoms with van der Waals surface area (Å²) in [6, 6.07) is 33.5. The van der Waals surface area contributed by atoms with Crippen molar-refractivity contribution in [1.29, 1.82) is 0 Å². The molecule has 1 aromatic heterocycles. The van der Waals surface area contributed by atoms with Gasteiger partial charge >= 0.3 is 0 Å². The predicted octanol–water partition coefficient (Wildman–Crippen LogP) is 6.57. The van der Waals surface area contributed by atoms with Crippen LogP contribution >= 0.6 is 0 Å². The molecule has 0 amide bonds. The SMILES string of the molecule is c1ccc(-c2cccc([N+]3=NN=C(c4c5ccccc5cc5ccccc45)C3)c2)nc1. The van der Waals surface area contributed by atoms with Crippen LogP contribution in [0.5, 0.6) is 0 Å². The zero-order chi connectivity index (χ0) is 20.6. The number of rotatable bonds is 3. The monoisotopic (exact) mass is 399 g/mol. The fourth-order valence-electron chi connectivity index (χ4n) is 4.27. The van der Waals surface area contributed by atoms with Gasteiger partial charge in [0.15, 0.2) is 12.2 Å². The molecule has 0 unspecified atom stereocenters. The first-order valence-corrected chi connectivity index (χ1v) is 10.3. The van der Waals surface area contributed by atoms with Gasteiger partial charge in [0.05, 0.1) is 10.8 Å². The zero-order valence-corrected chi connectivity index (χ0v) is 16.8. The molecular formula is C27H19N4+. The highest BCUT2D eigenvalue weighted by atomic mass is 15.5.